The van der Waals surface area contributed by atoms with Crippen molar-refractivity contribution in [3.05, 3.63) is 37.0 Å². The van der Waals surface area contributed by atoms with Crippen LogP contribution in [0, 0.1) is 6.92 Å². The van der Waals surface area contributed by atoms with E-state index >= 15 is 0 Å². The van der Waals surface area contributed by atoms with Gasteiger partial charge >= 0.3 is 5.97 Å². The zero-order valence-electron chi connectivity index (χ0n) is 22.9. The van der Waals surface area contributed by atoms with Crippen LogP contribution in [0.5, 0.6) is 0 Å². The number of H-pyrrole nitrogens is 1. The Balaban J connectivity index is -0.000000564. The predicted molar refractivity (Wildman–Crippen MR) is 158 cm³/mol. The summed E-state index contributed by atoms with van der Waals surface area (Å²) in [5.74, 6) is -1.38. The van der Waals surface area contributed by atoms with Crippen LogP contribution in [0.15, 0.2) is 0 Å². The molecular formula is C23H41Cl2N5O6S2. The lowest BCUT2D eigenvalue weighted by Gasteiger charge is -2.02. The van der Waals surface area contributed by atoms with E-state index in [1.807, 2.05) is 13.8 Å². The number of nitrogens with two attached hydrogens (primary N) is 1. The molecule has 0 aliphatic rings. The Hall–Kier alpha value is -1.87. The summed E-state index contributed by atoms with van der Waals surface area (Å²) in [6.07, 6.45) is 3.84. The van der Waals surface area contributed by atoms with Gasteiger partial charge in [-0.15, -0.1) is 11.3 Å². The molecular weight excluding hydrogens is 577 g/mol. The molecule has 2 heterocycles. The normalized spacial score (nSPS) is 10.1. The van der Waals surface area contributed by atoms with Crippen LogP contribution in [0.1, 0.15) is 68.5 Å². The first-order valence-electron chi connectivity index (χ1n) is 11.6. The molecule has 0 saturated carbocycles. The number of hydrogen-bond acceptors (Lipinski definition) is 9. The Morgan fingerprint density at radius 2 is 1.76 bits per heavy atom. The second kappa shape index (κ2) is 25.4. The Morgan fingerprint density at radius 1 is 1.21 bits per heavy atom. The minimum Gasteiger partial charge on any atom is -0.477 e. The topological polar surface area (TPSA) is 187 Å². The van der Waals surface area contributed by atoms with E-state index in [9.17, 15) is 18.6 Å². The van der Waals surface area contributed by atoms with E-state index in [1.54, 1.807) is 14.0 Å². The first kappa shape index (κ1) is 40.6. The van der Waals surface area contributed by atoms with Gasteiger partial charge in [0.15, 0.2) is 12.0 Å². The van der Waals surface area contributed by atoms with Gasteiger partial charge in [-0.1, -0.05) is 44.0 Å². The van der Waals surface area contributed by atoms with Crippen LogP contribution in [-0.2, 0) is 17.2 Å². The number of aryl methyl sites for hydroxylation is 1. The molecule has 0 radical (unpaired) electrons. The van der Waals surface area contributed by atoms with Gasteiger partial charge in [0.25, 0.3) is 5.91 Å². The molecule has 1 atom stereocenters. The van der Waals surface area contributed by atoms with Crippen LogP contribution in [0.2, 0.25) is 10.0 Å². The van der Waals surface area contributed by atoms with Gasteiger partial charge in [-0.25, -0.2) is 9.78 Å². The van der Waals surface area contributed by atoms with Crippen LogP contribution in [-0.4, -0.2) is 88.4 Å². The van der Waals surface area contributed by atoms with Crippen molar-refractivity contribution in [3.63, 3.8) is 0 Å². The molecule has 0 aromatic carbocycles. The van der Waals surface area contributed by atoms with Crippen LogP contribution in [0.3, 0.4) is 0 Å². The van der Waals surface area contributed by atoms with E-state index in [2.05, 4.69) is 27.5 Å². The number of carbonyl (C=O) groups excluding carboxylic acids is 2. The number of aromatic nitrogens is 2. The number of carboxylic acids is 1. The summed E-state index contributed by atoms with van der Waals surface area (Å²) < 4.78 is 10.9. The fourth-order valence-corrected chi connectivity index (χ4v) is 3.74. The van der Waals surface area contributed by atoms with Gasteiger partial charge in [-0.2, -0.15) is 0 Å². The Morgan fingerprint density at radius 3 is 2.11 bits per heavy atom. The summed E-state index contributed by atoms with van der Waals surface area (Å²) in [4.78, 5) is 40.0. The Bertz CT molecular complexity index is 968. The second-order valence-electron chi connectivity index (χ2n) is 6.68. The third-order valence-corrected chi connectivity index (χ3v) is 6.68. The number of likely N-dealkylation sites (N-methyl/N-ethyl adjacent to an activating group) is 1. The molecule has 2 aromatic rings. The molecule has 15 heteroatoms. The quantitative estimate of drug-likeness (QED) is 0.218. The molecule has 1 amide bonds. The van der Waals surface area contributed by atoms with Gasteiger partial charge in [-0.3, -0.25) is 13.8 Å². The van der Waals surface area contributed by atoms with Gasteiger partial charge < -0.3 is 31.6 Å². The van der Waals surface area contributed by atoms with Crippen LogP contribution >= 0.6 is 34.5 Å². The number of carbonyl (C=O) groups is 3. The lowest BCUT2D eigenvalue weighted by molar-refractivity contribution is 0.0696. The largest absolute Gasteiger partial charge is 0.477 e. The second-order valence-corrected chi connectivity index (χ2v) is 10.1. The molecule has 0 saturated heterocycles. The number of aldehydes is 1. The lowest BCUT2D eigenvalue weighted by Crippen LogP contribution is -2.29. The molecule has 0 bridgehead atoms. The number of carboxylic acid groups (broad SMARTS) is 1. The summed E-state index contributed by atoms with van der Waals surface area (Å²) in [6, 6.07) is 0. The number of nitrogens with one attached hydrogen (secondary N) is 3. The van der Waals surface area contributed by atoms with Crippen molar-refractivity contribution in [2.45, 2.75) is 40.5 Å². The first-order chi connectivity index (χ1) is 18.0. The number of aromatic amines is 1. The van der Waals surface area contributed by atoms with E-state index in [1.165, 1.54) is 6.26 Å². The number of aliphatic hydroxyl groups excluding tert-OH is 1. The van der Waals surface area contributed by atoms with Crippen LogP contribution in [0.4, 0.5) is 0 Å². The third kappa shape index (κ3) is 16.9. The number of hydrogen-bond donors (Lipinski definition) is 6. The Kier molecular flexibility index (Phi) is 27.2. The first-order valence-corrected chi connectivity index (χ1v) is 14.9. The SMILES string of the molecule is CC.CCCN.CNCCc1nc(C(=O)NCCS(C)=O)c(C(=O)O)s1.CO.Cc1[nH]c(C=O)c(Cl)c1Cl. The molecule has 7 N–H and O–H groups in total. The van der Waals surface area contributed by atoms with Crippen molar-refractivity contribution >= 4 is 63.5 Å². The fraction of sp³-hybridized carbons (Fsp3) is 0.565. The highest BCUT2D eigenvalue weighted by Crippen LogP contribution is 2.27. The van der Waals surface area contributed by atoms with Gasteiger partial charge in [0.1, 0.15) is 4.88 Å². The van der Waals surface area contributed by atoms with E-state index in [0.29, 0.717) is 51.4 Å². The highest BCUT2D eigenvalue weighted by Gasteiger charge is 2.22. The minimum atomic E-state index is -1.16. The number of aliphatic hydroxyl groups is 1. The average Bonchev–Trinajstić information content (AvgIpc) is 3.46. The fourth-order valence-electron chi connectivity index (χ4n) is 2.07. The molecule has 0 spiro atoms. The summed E-state index contributed by atoms with van der Waals surface area (Å²) in [5, 5.41) is 22.9. The van der Waals surface area contributed by atoms with Crippen molar-refractivity contribution < 1.29 is 28.8 Å². The molecule has 0 aliphatic carbocycles. The maximum Gasteiger partial charge on any atom is 0.348 e. The maximum atomic E-state index is 11.9. The van der Waals surface area contributed by atoms with E-state index in [4.69, 9.17) is 39.1 Å². The van der Waals surface area contributed by atoms with E-state index in [-0.39, 0.29) is 17.1 Å². The van der Waals surface area contributed by atoms with Gasteiger partial charge in [-0.05, 0) is 26.9 Å². The van der Waals surface area contributed by atoms with Crippen molar-refractivity contribution in [1.82, 2.24) is 20.6 Å². The molecule has 220 valence electrons. The van der Waals surface area contributed by atoms with Crippen LogP contribution in [0.25, 0.3) is 0 Å². The van der Waals surface area contributed by atoms with Gasteiger partial charge in [0.2, 0.25) is 0 Å². The van der Waals surface area contributed by atoms with Crippen molar-refractivity contribution in [1.29, 1.82) is 0 Å². The molecule has 0 aliphatic heterocycles. The smallest absolute Gasteiger partial charge is 0.348 e. The van der Waals surface area contributed by atoms with Crippen molar-refractivity contribution in [2.75, 3.05) is 45.8 Å². The molecule has 38 heavy (non-hydrogen) atoms. The van der Waals surface area contributed by atoms with Gasteiger partial charge in [0, 0.05) is 55.1 Å². The maximum absolute atomic E-state index is 11.9. The third-order valence-electron chi connectivity index (χ3n) is 3.83. The van der Waals surface area contributed by atoms with Crippen molar-refractivity contribution in [2.24, 2.45) is 5.73 Å². The number of thiazole rings is 1. The zero-order valence-corrected chi connectivity index (χ0v) is 26.1. The standard InChI is InChI=1S/C11H17N3O4S2.C6H5Cl2NO.C3H9N.C2H6.CH4O/c1-12-4-3-7-14-8(9(19-7)11(16)17)10(15)13-5-6-20(2)18;1-3-5(7)6(8)4(2-10)9-3;1-2-3-4;2*1-2/h12H,3-6H2,1-2H3,(H,13,15)(H,16,17);2,9H,1H3;2-4H2,1H3;1-2H3;2H,1H3. The molecule has 2 rings (SSSR count). The number of amides is 1. The van der Waals surface area contributed by atoms with Crippen molar-refractivity contribution in [3.8, 4) is 0 Å². The summed E-state index contributed by atoms with van der Waals surface area (Å²) >= 11 is 12.3. The summed E-state index contributed by atoms with van der Waals surface area (Å²) in [7, 11) is 1.77. The average molecular weight is 619 g/mol. The molecule has 0 fully saturated rings. The monoisotopic (exact) mass is 617 g/mol. The molecule has 11 nitrogen and oxygen atoms in total. The predicted octanol–water partition coefficient (Wildman–Crippen LogP) is 3.14. The zero-order chi connectivity index (χ0) is 30.3. The highest BCUT2D eigenvalue weighted by atomic mass is 35.5. The molecule has 2 aromatic heterocycles. The van der Waals surface area contributed by atoms with Gasteiger partial charge in [0.05, 0.1) is 20.7 Å². The molecule has 1 unspecified atom stereocenters. The van der Waals surface area contributed by atoms with Crippen LogP contribution < -0.4 is 16.4 Å². The number of halogens is 2. The Labute approximate surface area is 241 Å². The number of rotatable bonds is 10. The number of nitrogens with zero attached hydrogens (tertiary/aromatic N) is 1. The summed E-state index contributed by atoms with van der Waals surface area (Å²) in [5.41, 5.74) is 6.01. The van der Waals surface area contributed by atoms with E-state index < -0.39 is 22.7 Å². The summed E-state index contributed by atoms with van der Waals surface area (Å²) in [6.45, 7) is 9.51. The minimum absolute atomic E-state index is 0.0637. The van der Waals surface area contributed by atoms with E-state index in [0.717, 1.165) is 31.4 Å². The number of aromatic carboxylic acids is 1. The lowest BCUT2D eigenvalue weighted by atomic mass is 10.3. The highest BCUT2D eigenvalue weighted by molar-refractivity contribution is 7.84.